The van der Waals surface area contributed by atoms with Crippen molar-refractivity contribution < 1.29 is 24.2 Å². The largest absolute Gasteiger partial charge is 0.482 e. The molecule has 0 bridgehead atoms. The summed E-state index contributed by atoms with van der Waals surface area (Å²) in [6.45, 7) is 1.60. The highest BCUT2D eigenvalue weighted by atomic mass is 16.5. The number of carbonyl (C=O) groups is 3. The van der Waals surface area contributed by atoms with Gasteiger partial charge in [0.2, 0.25) is 0 Å². The van der Waals surface area contributed by atoms with E-state index >= 15 is 0 Å². The van der Waals surface area contributed by atoms with Crippen LogP contribution in [0.4, 0.5) is 0 Å². The molecule has 7 heteroatoms. The summed E-state index contributed by atoms with van der Waals surface area (Å²) in [5.74, 6) is -0.926. The van der Waals surface area contributed by atoms with E-state index in [1.54, 1.807) is 46.2 Å². The Balaban J connectivity index is 1.63. The minimum Gasteiger partial charge on any atom is -0.482 e. The van der Waals surface area contributed by atoms with Gasteiger partial charge in [-0.3, -0.25) is 9.59 Å². The van der Waals surface area contributed by atoms with Gasteiger partial charge in [-0.05, 0) is 36.8 Å². The Morgan fingerprint density at radius 3 is 2.07 bits per heavy atom. The molecule has 1 N–H and O–H groups in total. The molecule has 0 saturated carbocycles. The molecule has 0 aliphatic carbocycles. The van der Waals surface area contributed by atoms with Crippen LogP contribution in [-0.2, 0) is 4.79 Å². The third-order valence-corrected chi connectivity index (χ3v) is 4.53. The van der Waals surface area contributed by atoms with Gasteiger partial charge in [0.25, 0.3) is 11.8 Å². The lowest BCUT2D eigenvalue weighted by Crippen LogP contribution is -2.37. The number of hydrogen-bond donors (Lipinski definition) is 1. The molecule has 28 heavy (non-hydrogen) atoms. The van der Waals surface area contributed by atoms with Crippen LogP contribution in [0.15, 0.2) is 54.6 Å². The molecule has 2 amide bonds. The van der Waals surface area contributed by atoms with Gasteiger partial charge >= 0.3 is 5.97 Å². The van der Waals surface area contributed by atoms with Gasteiger partial charge in [0.15, 0.2) is 6.61 Å². The summed E-state index contributed by atoms with van der Waals surface area (Å²) in [4.78, 5) is 39.6. The highest BCUT2D eigenvalue weighted by Crippen LogP contribution is 2.17. The van der Waals surface area contributed by atoms with Gasteiger partial charge in [-0.15, -0.1) is 0 Å². The second-order valence-corrected chi connectivity index (χ2v) is 6.51. The van der Waals surface area contributed by atoms with Gasteiger partial charge in [0.05, 0.1) is 0 Å². The van der Waals surface area contributed by atoms with Crippen LogP contribution >= 0.6 is 0 Å². The first kappa shape index (κ1) is 19.4. The summed E-state index contributed by atoms with van der Waals surface area (Å²) in [6.07, 6.45) is 0.694. The maximum absolute atomic E-state index is 12.8. The maximum Gasteiger partial charge on any atom is 0.341 e. The quantitative estimate of drug-likeness (QED) is 0.856. The van der Waals surface area contributed by atoms with Crippen molar-refractivity contribution in [3.63, 3.8) is 0 Å². The zero-order chi connectivity index (χ0) is 19.9. The molecule has 0 unspecified atom stereocenters. The molecule has 1 aliphatic rings. The Labute approximate surface area is 163 Å². The van der Waals surface area contributed by atoms with Crippen LogP contribution in [0.2, 0.25) is 0 Å². The summed E-state index contributed by atoms with van der Waals surface area (Å²) >= 11 is 0. The average Bonchev–Trinajstić information content (AvgIpc) is 2.98. The monoisotopic (exact) mass is 382 g/mol. The summed E-state index contributed by atoms with van der Waals surface area (Å²) in [5.41, 5.74) is 1.08. The highest BCUT2D eigenvalue weighted by molar-refractivity contribution is 5.95. The SMILES string of the molecule is O=C(O)COc1cccc(C(=O)N2CCCN(C(=O)c3ccccc3)CC2)c1. The van der Waals surface area contributed by atoms with Gasteiger partial charge in [0.1, 0.15) is 5.75 Å². The number of carboxylic acids is 1. The Morgan fingerprint density at radius 2 is 1.43 bits per heavy atom. The van der Waals surface area contributed by atoms with Crippen molar-refractivity contribution >= 4 is 17.8 Å². The van der Waals surface area contributed by atoms with Crippen LogP contribution in [0.5, 0.6) is 5.75 Å². The van der Waals surface area contributed by atoms with Crippen molar-refractivity contribution in [2.75, 3.05) is 32.8 Å². The molecule has 1 aliphatic heterocycles. The second-order valence-electron chi connectivity index (χ2n) is 6.51. The third-order valence-electron chi connectivity index (χ3n) is 4.53. The minimum atomic E-state index is -1.08. The van der Waals surface area contributed by atoms with Crippen LogP contribution in [0, 0.1) is 0 Å². The number of amides is 2. The summed E-state index contributed by atoms with van der Waals surface area (Å²) in [7, 11) is 0. The van der Waals surface area contributed by atoms with E-state index in [0.29, 0.717) is 49.5 Å². The van der Waals surface area contributed by atoms with Crippen LogP contribution in [-0.4, -0.2) is 65.5 Å². The molecule has 7 nitrogen and oxygen atoms in total. The Morgan fingerprint density at radius 1 is 0.821 bits per heavy atom. The summed E-state index contributed by atoms with van der Waals surface area (Å²) in [6, 6.07) is 15.6. The van der Waals surface area contributed by atoms with Crippen molar-refractivity contribution in [3.8, 4) is 5.75 Å². The molecule has 1 saturated heterocycles. The number of nitrogens with zero attached hydrogens (tertiary/aromatic N) is 2. The van der Waals surface area contributed by atoms with Crippen molar-refractivity contribution in [1.82, 2.24) is 9.80 Å². The molecule has 0 aromatic heterocycles. The van der Waals surface area contributed by atoms with E-state index in [1.807, 2.05) is 18.2 Å². The number of ether oxygens (including phenoxy) is 1. The molecule has 3 rings (SSSR count). The van der Waals surface area contributed by atoms with E-state index in [-0.39, 0.29) is 11.8 Å². The number of carboxylic acid groups (broad SMARTS) is 1. The maximum atomic E-state index is 12.8. The van der Waals surface area contributed by atoms with E-state index in [4.69, 9.17) is 9.84 Å². The Hall–Kier alpha value is -3.35. The van der Waals surface area contributed by atoms with Crippen molar-refractivity contribution in [3.05, 3.63) is 65.7 Å². The van der Waals surface area contributed by atoms with Gasteiger partial charge in [0, 0.05) is 37.3 Å². The van der Waals surface area contributed by atoms with Crippen molar-refractivity contribution in [2.45, 2.75) is 6.42 Å². The fourth-order valence-corrected chi connectivity index (χ4v) is 3.13. The zero-order valence-corrected chi connectivity index (χ0v) is 15.4. The van der Waals surface area contributed by atoms with E-state index in [1.165, 1.54) is 0 Å². The number of rotatable bonds is 5. The lowest BCUT2D eigenvalue weighted by Gasteiger charge is -2.22. The third kappa shape index (κ3) is 4.88. The zero-order valence-electron chi connectivity index (χ0n) is 15.4. The number of hydrogen-bond acceptors (Lipinski definition) is 4. The second kappa shape index (κ2) is 9.03. The number of carbonyl (C=O) groups excluding carboxylic acids is 2. The molecule has 0 atom stereocenters. The fraction of sp³-hybridized carbons (Fsp3) is 0.286. The average molecular weight is 382 g/mol. The van der Waals surface area contributed by atoms with Gasteiger partial charge < -0.3 is 19.6 Å². The van der Waals surface area contributed by atoms with Gasteiger partial charge in [-0.25, -0.2) is 4.79 Å². The molecular formula is C21H22N2O5. The predicted molar refractivity (Wildman–Crippen MR) is 102 cm³/mol. The molecule has 2 aromatic rings. The lowest BCUT2D eigenvalue weighted by atomic mass is 10.2. The number of aliphatic carboxylic acids is 1. The molecule has 1 heterocycles. The van der Waals surface area contributed by atoms with Crippen molar-refractivity contribution in [1.29, 1.82) is 0 Å². The highest BCUT2D eigenvalue weighted by Gasteiger charge is 2.23. The first-order valence-electron chi connectivity index (χ1n) is 9.13. The first-order chi connectivity index (χ1) is 13.5. The summed E-state index contributed by atoms with van der Waals surface area (Å²) < 4.78 is 5.14. The molecule has 2 aromatic carbocycles. The molecule has 1 fully saturated rings. The van der Waals surface area contributed by atoms with Crippen LogP contribution < -0.4 is 4.74 Å². The topological polar surface area (TPSA) is 87.2 Å². The lowest BCUT2D eigenvalue weighted by molar-refractivity contribution is -0.139. The Kier molecular flexibility index (Phi) is 6.26. The van der Waals surface area contributed by atoms with Crippen LogP contribution in [0.25, 0.3) is 0 Å². The predicted octanol–water partition coefficient (Wildman–Crippen LogP) is 2.14. The molecule has 0 radical (unpaired) electrons. The fourth-order valence-electron chi connectivity index (χ4n) is 3.13. The smallest absolute Gasteiger partial charge is 0.341 e. The summed E-state index contributed by atoms with van der Waals surface area (Å²) in [5, 5.41) is 8.71. The van der Waals surface area contributed by atoms with E-state index in [2.05, 4.69) is 0 Å². The van der Waals surface area contributed by atoms with E-state index in [0.717, 1.165) is 0 Å². The number of benzene rings is 2. The molecule has 146 valence electrons. The van der Waals surface area contributed by atoms with Gasteiger partial charge in [-0.2, -0.15) is 0 Å². The van der Waals surface area contributed by atoms with Crippen molar-refractivity contribution in [2.24, 2.45) is 0 Å². The minimum absolute atomic E-state index is 0.0287. The standard InChI is InChI=1S/C21H22N2O5/c24-19(25)15-28-18-9-4-8-17(14-18)21(27)23-11-5-10-22(12-13-23)20(26)16-6-2-1-3-7-16/h1-4,6-9,14H,5,10-13,15H2,(H,24,25). The van der Waals surface area contributed by atoms with Crippen LogP contribution in [0.1, 0.15) is 27.1 Å². The van der Waals surface area contributed by atoms with Crippen LogP contribution in [0.3, 0.4) is 0 Å². The molecular weight excluding hydrogens is 360 g/mol. The Bertz CT molecular complexity index is 853. The van der Waals surface area contributed by atoms with E-state index < -0.39 is 12.6 Å². The first-order valence-corrected chi connectivity index (χ1v) is 9.13. The molecule has 0 spiro atoms. The normalized spacial score (nSPS) is 14.3. The van der Waals surface area contributed by atoms with E-state index in [9.17, 15) is 14.4 Å². The van der Waals surface area contributed by atoms with Gasteiger partial charge in [-0.1, -0.05) is 24.3 Å².